The van der Waals surface area contributed by atoms with Crippen molar-refractivity contribution < 1.29 is 9.13 Å². The minimum absolute atomic E-state index is 0.0191. The summed E-state index contributed by atoms with van der Waals surface area (Å²) >= 11 is 6.49. The Balaban J connectivity index is 1.41. The first-order valence-corrected chi connectivity index (χ1v) is 12.2. The summed E-state index contributed by atoms with van der Waals surface area (Å²) in [5, 5.41) is 4.92. The summed E-state index contributed by atoms with van der Waals surface area (Å²) in [5.41, 5.74) is 7.38. The van der Waals surface area contributed by atoms with Crippen molar-refractivity contribution in [2.24, 2.45) is 0 Å². The highest BCUT2D eigenvalue weighted by molar-refractivity contribution is 6.33. The van der Waals surface area contributed by atoms with Crippen molar-refractivity contribution in [2.75, 3.05) is 6.61 Å². The molecule has 1 aliphatic heterocycles. The number of aryl methyl sites for hydroxylation is 2. The molecule has 2 fully saturated rings. The molecule has 2 aromatic carbocycles. The largest absolute Gasteiger partial charge is 0.373 e. The molecule has 2 atom stereocenters. The summed E-state index contributed by atoms with van der Waals surface area (Å²) < 4.78 is 22.0. The average molecular weight is 477 g/mol. The quantitative estimate of drug-likeness (QED) is 0.322. The zero-order chi connectivity index (χ0) is 23.4. The van der Waals surface area contributed by atoms with E-state index in [0.717, 1.165) is 52.0 Å². The van der Waals surface area contributed by atoms with Gasteiger partial charge in [0.05, 0.1) is 45.8 Å². The van der Waals surface area contributed by atoms with Crippen LogP contribution in [0.5, 0.6) is 0 Å². The SMILES string of the molecule is Cc1nc2cc([C@@H]3CCO[C@@H](c4cnn(C5CC5)c4)C3)cc(-c3ccc(F)cc3Cl)c2nc1C. The maximum atomic E-state index is 13.8. The first kappa shape index (κ1) is 21.7. The number of ether oxygens (including phenoxy) is 1. The van der Waals surface area contributed by atoms with E-state index < -0.39 is 0 Å². The lowest BCUT2D eigenvalue weighted by molar-refractivity contribution is 0.00524. The Morgan fingerprint density at radius 2 is 1.82 bits per heavy atom. The molecule has 5 nitrogen and oxygen atoms in total. The van der Waals surface area contributed by atoms with E-state index in [2.05, 4.69) is 28.1 Å². The Hall–Kier alpha value is -2.83. The van der Waals surface area contributed by atoms with Gasteiger partial charge in [-0.05, 0) is 81.3 Å². The number of aromatic nitrogens is 4. The van der Waals surface area contributed by atoms with Crippen LogP contribution in [0.2, 0.25) is 5.02 Å². The van der Waals surface area contributed by atoms with E-state index in [1.807, 2.05) is 20.0 Å². The molecule has 2 aromatic heterocycles. The number of hydrogen-bond acceptors (Lipinski definition) is 4. The molecule has 0 radical (unpaired) electrons. The number of nitrogens with zero attached hydrogens (tertiary/aromatic N) is 4. The highest BCUT2D eigenvalue weighted by atomic mass is 35.5. The molecular weight excluding hydrogens is 451 g/mol. The monoisotopic (exact) mass is 476 g/mol. The molecule has 0 unspecified atom stereocenters. The third-order valence-electron chi connectivity index (χ3n) is 7.09. The normalized spacial score (nSPS) is 20.7. The molecule has 0 amide bonds. The van der Waals surface area contributed by atoms with E-state index in [4.69, 9.17) is 26.3 Å². The van der Waals surface area contributed by atoms with E-state index in [0.29, 0.717) is 23.6 Å². The second-order valence-corrected chi connectivity index (χ2v) is 9.93. The second-order valence-electron chi connectivity index (χ2n) is 9.52. The molecular formula is C27H26ClFN4O. The standard InChI is InChI=1S/C27H26ClFN4O/c1-15-16(2)32-27-23(22-6-3-20(29)12-24(22)28)9-18(10-25(27)31-15)17-7-8-34-26(11-17)19-13-30-33(14-19)21-4-5-21/h3,6,9-10,12-14,17,21,26H,4-5,7-8,11H2,1-2H3/t17-,26-/m1/s1. The second kappa shape index (κ2) is 8.43. The maximum absolute atomic E-state index is 13.8. The molecule has 0 bridgehead atoms. The fourth-order valence-electron chi connectivity index (χ4n) is 4.89. The number of benzene rings is 2. The van der Waals surface area contributed by atoms with Gasteiger partial charge in [-0.25, -0.2) is 14.4 Å². The van der Waals surface area contributed by atoms with Gasteiger partial charge in [0, 0.05) is 29.5 Å². The number of halogens is 2. The lowest BCUT2D eigenvalue weighted by Gasteiger charge is -2.30. The summed E-state index contributed by atoms with van der Waals surface area (Å²) in [5.74, 6) is -0.0554. The molecule has 1 aliphatic carbocycles. The molecule has 2 aliphatic rings. The van der Waals surface area contributed by atoms with Gasteiger partial charge in [-0.15, -0.1) is 0 Å². The molecule has 3 heterocycles. The van der Waals surface area contributed by atoms with Crippen molar-refractivity contribution in [3.63, 3.8) is 0 Å². The predicted molar refractivity (Wildman–Crippen MR) is 131 cm³/mol. The summed E-state index contributed by atoms with van der Waals surface area (Å²) in [4.78, 5) is 9.69. The Labute approximate surface area is 202 Å². The Bertz CT molecular complexity index is 1400. The van der Waals surface area contributed by atoms with Gasteiger partial charge < -0.3 is 4.74 Å². The minimum Gasteiger partial charge on any atom is -0.373 e. The van der Waals surface area contributed by atoms with Crippen LogP contribution in [0, 0.1) is 19.7 Å². The first-order chi connectivity index (χ1) is 16.5. The van der Waals surface area contributed by atoms with Crippen LogP contribution in [0.1, 0.15) is 66.3 Å². The zero-order valence-corrected chi connectivity index (χ0v) is 20.0. The van der Waals surface area contributed by atoms with Gasteiger partial charge in [0.1, 0.15) is 5.82 Å². The molecule has 0 spiro atoms. The van der Waals surface area contributed by atoms with Crippen LogP contribution < -0.4 is 0 Å². The van der Waals surface area contributed by atoms with Crippen LogP contribution in [0.15, 0.2) is 42.7 Å². The van der Waals surface area contributed by atoms with Crippen molar-refractivity contribution in [1.29, 1.82) is 0 Å². The van der Waals surface area contributed by atoms with Gasteiger partial charge in [0.25, 0.3) is 0 Å². The third-order valence-corrected chi connectivity index (χ3v) is 7.41. The average Bonchev–Trinajstić information content (AvgIpc) is 3.56. The molecule has 174 valence electrons. The summed E-state index contributed by atoms with van der Waals surface area (Å²) in [6, 6.07) is 9.39. The lowest BCUT2D eigenvalue weighted by Crippen LogP contribution is -2.18. The van der Waals surface area contributed by atoms with Crippen molar-refractivity contribution in [3.8, 4) is 11.1 Å². The number of hydrogen-bond donors (Lipinski definition) is 0. The van der Waals surface area contributed by atoms with Gasteiger partial charge in [0.15, 0.2) is 0 Å². The molecule has 0 N–H and O–H groups in total. The van der Waals surface area contributed by atoms with E-state index in [9.17, 15) is 4.39 Å². The highest BCUT2D eigenvalue weighted by Gasteiger charge is 2.29. The van der Waals surface area contributed by atoms with Crippen LogP contribution in [-0.4, -0.2) is 26.4 Å². The number of fused-ring (bicyclic) bond motifs is 1. The minimum atomic E-state index is -0.355. The van der Waals surface area contributed by atoms with Crippen molar-refractivity contribution in [2.45, 2.75) is 57.6 Å². The van der Waals surface area contributed by atoms with E-state index in [1.54, 1.807) is 6.07 Å². The van der Waals surface area contributed by atoms with Crippen LogP contribution in [0.3, 0.4) is 0 Å². The van der Waals surface area contributed by atoms with E-state index in [1.165, 1.54) is 30.5 Å². The Morgan fingerprint density at radius 3 is 2.62 bits per heavy atom. The van der Waals surface area contributed by atoms with Crippen LogP contribution >= 0.6 is 11.6 Å². The van der Waals surface area contributed by atoms with Gasteiger partial charge in [0.2, 0.25) is 0 Å². The van der Waals surface area contributed by atoms with E-state index in [-0.39, 0.29) is 11.9 Å². The smallest absolute Gasteiger partial charge is 0.124 e. The maximum Gasteiger partial charge on any atom is 0.124 e. The molecule has 34 heavy (non-hydrogen) atoms. The van der Waals surface area contributed by atoms with Crippen LogP contribution in [0.4, 0.5) is 4.39 Å². The van der Waals surface area contributed by atoms with Gasteiger partial charge >= 0.3 is 0 Å². The third kappa shape index (κ3) is 3.99. The Kier molecular flexibility index (Phi) is 5.38. The fourth-order valence-corrected chi connectivity index (χ4v) is 5.16. The van der Waals surface area contributed by atoms with Crippen molar-refractivity contribution in [3.05, 3.63) is 76.1 Å². The Morgan fingerprint density at radius 1 is 1.00 bits per heavy atom. The molecule has 6 rings (SSSR count). The van der Waals surface area contributed by atoms with E-state index >= 15 is 0 Å². The summed E-state index contributed by atoms with van der Waals surface area (Å²) in [6.07, 6.45) is 8.33. The topological polar surface area (TPSA) is 52.8 Å². The van der Waals surface area contributed by atoms with Crippen LogP contribution in [-0.2, 0) is 4.74 Å². The molecule has 1 saturated heterocycles. The van der Waals surface area contributed by atoms with Gasteiger partial charge in [-0.1, -0.05) is 11.6 Å². The van der Waals surface area contributed by atoms with Gasteiger partial charge in [-0.3, -0.25) is 4.68 Å². The van der Waals surface area contributed by atoms with Crippen LogP contribution in [0.25, 0.3) is 22.2 Å². The van der Waals surface area contributed by atoms with Crippen molar-refractivity contribution >= 4 is 22.6 Å². The molecule has 1 saturated carbocycles. The summed E-state index contributed by atoms with van der Waals surface area (Å²) in [6.45, 7) is 4.62. The highest BCUT2D eigenvalue weighted by Crippen LogP contribution is 2.42. The fraction of sp³-hybridized carbons (Fsp3) is 0.370. The first-order valence-electron chi connectivity index (χ1n) is 11.9. The summed E-state index contributed by atoms with van der Waals surface area (Å²) in [7, 11) is 0. The molecule has 4 aromatic rings. The van der Waals surface area contributed by atoms with Gasteiger partial charge in [-0.2, -0.15) is 5.10 Å². The predicted octanol–water partition coefficient (Wildman–Crippen LogP) is 6.87. The lowest BCUT2D eigenvalue weighted by atomic mass is 9.85. The van der Waals surface area contributed by atoms with Crippen molar-refractivity contribution in [1.82, 2.24) is 19.7 Å². The number of rotatable bonds is 4. The molecule has 7 heteroatoms. The zero-order valence-electron chi connectivity index (χ0n) is 19.3.